The number of hydrogen-bond donors (Lipinski definition) is 2. The molecule has 10 nitrogen and oxygen atoms in total. The highest BCUT2D eigenvalue weighted by atomic mass is 35.5. The number of aliphatic imine (C=N–C) groups is 1. The SMILES string of the molecule is CN=C(NCc1nc(-c2cccc(Cl)c2)no1)N1CCN(CC(=O)NCCOC)CC1. The zero-order valence-corrected chi connectivity index (χ0v) is 18.6. The molecule has 1 aromatic heterocycles. The second kappa shape index (κ2) is 11.6. The molecule has 0 saturated carbocycles. The molecule has 1 aromatic carbocycles. The first kappa shape index (κ1) is 23.0. The number of benzene rings is 1. The summed E-state index contributed by atoms with van der Waals surface area (Å²) in [5.74, 6) is 1.72. The molecule has 11 heteroatoms. The first-order chi connectivity index (χ1) is 15.1. The maximum Gasteiger partial charge on any atom is 0.246 e. The third kappa shape index (κ3) is 6.91. The number of halogens is 1. The van der Waals surface area contributed by atoms with Crippen LogP contribution in [0.25, 0.3) is 11.4 Å². The maximum atomic E-state index is 12.0. The van der Waals surface area contributed by atoms with Crippen LogP contribution in [0.15, 0.2) is 33.8 Å². The van der Waals surface area contributed by atoms with Crippen LogP contribution < -0.4 is 10.6 Å². The van der Waals surface area contributed by atoms with Crippen LogP contribution in [0.2, 0.25) is 5.02 Å². The van der Waals surface area contributed by atoms with E-state index in [2.05, 4.69) is 35.6 Å². The van der Waals surface area contributed by atoms with Crippen molar-refractivity contribution in [2.75, 3.05) is 60.0 Å². The minimum absolute atomic E-state index is 0.0138. The second-order valence-corrected chi connectivity index (χ2v) is 7.47. The average Bonchev–Trinajstić information content (AvgIpc) is 3.24. The Bertz CT molecular complexity index is 881. The minimum atomic E-state index is 0.0138. The van der Waals surface area contributed by atoms with Gasteiger partial charge in [0, 0.05) is 57.5 Å². The Morgan fingerprint density at radius 2 is 2.10 bits per heavy atom. The Labute approximate surface area is 186 Å². The van der Waals surface area contributed by atoms with E-state index in [1.165, 1.54) is 0 Å². The van der Waals surface area contributed by atoms with Crippen molar-refractivity contribution in [2.45, 2.75) is 6.54 Å². The van der Waals surface area contributed by atoms with Gasteiger partial charge in [0.2, 0.25) is 17.6 Å². The van der Waals surface area contributed by atoms with Gasteiger partial charge in [0.1, 0.15) is 0 Å². The quantitative estimate of drug-likeness (QED) is 0.347. The topological polar surface area (TPSA) is 108 Å². The van der Waals surface area contributed by atoms with Gasteiger partial charge in [0.25, 0.3) is 0 Å². The summed E-state index contributed by atoms with van der Waals surface area (Å²) >= 11 is 6.03. The van der Waals surface area contributed by atoms with Gasteiger partial charge < -0.3 is 24.8 Å². The summed E-state index contributed by atoms with van der Waals surface area (Å²) in [4.78, 5) is 25.0. The molecule has 31 heavy (non-hydrogen) atoms. The van der Waals surface area contributed by atoms with Crippen molar-refractivity contribution in [1.82, 2.24) is 30.6 Å². The van der Waals surface area contributed by atoms with Gasteiger partial charge in [-0.05, 0) is 12.1 Å². The minimum Gasteiger partial charge on any atom is -0.383 e. The fraction of sp³-hybridized carbons (Fsp3) is 0.500. The third-order valence-corrected chi connectivity index (χ3v) is 5.06. The van der Waals surface area contributed by atoms with Gasteiger partial charge in [-0.3, -0.25) is 14.7 Å². The molecule has 2 N–H and O–H groups in total. The van der Waals surface area contributed by atoms with Gasteiger partial charge in [-0.15, -0.1) is 0 Å². The van der Waals surface area contributed by atoms with Crippen LogP contribution in [0.1, 0.15) is 5.89 Å². The summed E-state index contributed by atoms with van der Waals surface area (Å²) in [5.41, 5.74) is 0.800. The standard InChI is InChI=1S/C20H28ClN7O3/c1-22-20(28-9-7-27(8-10-28)14-17(29)23-6-11-30-2)24-13-18-25-19(26-31-18)15-4-3-5-16(21)12-15/h3-5,12H,6-11,13-14H2,1-2H3,(H,22,24)(H,23,29). The maximum absolute atomic E-state index is 12.0. The smallest absolute Gasteiger partial charge is 0.246 e. The number of guanidine groups is 1. The summed E-state index contributed by atoms with van der Waals surface area (Å²) in [6.07, 6.45) is 0. The van der Waals surface area contributed by atoms with Crippen molar-refractivity contribution < 1.29 is 14.1 Å². The van der Waals surface area contributed by atoms with E-state index in [0.29, 0.717) is 43.0 Å². The Hall–Kier alpha value is -2.69. The number of amides is 1. The van der Waals surface area contributed by atoms with Crippen molar-refractivity contribution >= 4 is 23.5 Å². The van der Waals surface area contributed by atoms with E-state index in [-0.39, 0.29) is 5.91 Å². The molecule has 0 spiro atoms. The number of piperazine rings is 1. The first-order valence-corrected chi connectivity index (χ1v) is 10.5. The molecule has 2 heterocycles. The Morgan fingerprint density at radius 1 is 1.29 bits per heavy atom. The molecule has 0 unspecified atom stereocenters. The van der Waals surface area contributed by atoms with Gasteiger partial charge in [-0.2, -0.15) is 4.98 Å². The summed E-state index contributed by atoms with van der Waals surface area (Å²) in [7, 11) is 3.35. The average molecular weight is 450 g/mol. The second-order valence-electron chi connectivity index (χ2n) is 7.03. The van der Waals surface area contributed by atoms with Crippen molar-refractivity contribution in [3.63, 3.8) is 0 Å². The molecule has 1 fully saturated rings. The summed E-state index contributed by atoms with van der Waals surface area (Å²) in [6, 6.07) is 7.31. The van der Waals surface area contributed by atoms with E-state index < -0.39 is 0 Å². The molecule has 1 aliphatic heterocycles. The summed E-state index contributed by atoms with van der Waals surface area (Å²) < 4.78 is 10.3. The van der Waals surface area contributed by atoms with Gasteiger partial charge in [-0.1, -0.05) is 28.9 Å². The normalized spacial score (nSPS) is 15.2. The highest BCUT2D eigenvalue weighted by Crippen LogP contribution is 2.19. The van der Waals surface area contributed by atoms with E-state index in [1.54, 1.807) is 26.3 Å². The lowest BCUT2D eigenvalue weighted by Crippen LogP contribution is -2.54. The van der Waals surface area contributed by atoms with Gasteiger partial charge >= 0.3 is 0 Å². The Kier molecular flexibility index (Phi) is 8.63. The van der Waals surface area contributed by atoms with E-state index in [4.69, 9.17) is 20.9 Å². The zero-order valence-electron chi connectivity index (χ0n) is 17.8. The molecule has 0 atom stereocenters. The number of nitrogens with zero attached hydrogens (tertiary/aromatic N) is 5. The molecule has 1 saturated heterocycles. The first-order valence-electron chi connectivity index (χ1n) is 10.1. The fourth-order valence-corrected chi connectivity index (χ4v) is 3.42. The summed E-state index contributed by atoms with van der Waals surface area (Å²) in [6.45, 7) is 4.88. The Morgan fingerprint density at radius 3 is 2.81 bits per heavy atom. The van der Waals surface area contributed by atoms with Crippen molar-refractivity contribution in [1.29, 1.82) is 0 Å². The molecule has 0 bridgehead atoms. The molecular formula is C20H28ClN7O3. The number of aromatic nitrogens is 2. The van der Waals surface area contributed by atoms with Crippen LogP contribution in [-0.2, 0) is 16.1 Å². The number of carbonyl (C=O) groups excluding carboxylic acids is 1. The predicted molar refractivity (Wildman–Crippen MR) is 118 cm³/mol. The third-order valence-electron chi connectivity index (χ3n) is 4.83. The van der Waals surface area contributed by atoms with Crippen LogP contribution >= 0.6 is 11.6 Å². The van der Waals surface area contributed by atoms with Gasteiger partial charge in [-0.25, -0.2) is 0 Å². The van der Waals surface area contributed by atoms with Crippen LogP contribution in [0.5, 0.6) is 0 Å². The van der Waals surface area contributed by atoms with E-state index in [1.807, 2.05) is 12.1 Å². The van der Waals surface area contributed by atoms with E-state index >= 15 is 0 Å². The van der Waals surface area contributed by atoms with Crippen molar-refractivity contribution in [2.24, 2.45) is 4.99 Å². The van der Waals surface area contributed by atoms with E-state index in [9.17, 15) is 4.79 Å². The number of hydrogen-bond acceptors (Lipinski definition) is 7. The number of ether oxygens (including phenoxy) is 1. The Balaban J connectivity index is 1.45. The summed E-state index contributed by atoms with van der Waals surface area (Å²) in [5, 5.41) is 10.7. The molecule has 3 rings (SSSR count). The van der Waals surface area contributed by atoms with Crippen LogP contribution in [0.4, 0.5) is 0 Å². The lowest BCUT2D eigenvalue weighted by molar-refractivity contribution is -0.122. The van der Waals surface area contributed by atoms with Gasteiger partial charge in [0.15, 0.2) is 5.96 Å². The highest BCUT2D eigenvalue weighted by Gasteiger charge is 2.21. The highest BCUT2D eigenvalue weighted by molar-refractivity contribution is 6.30. The lowest BCUT2D eigenvalue weighted by Gasteiger charge is -2.36. The molecule has 0 aliphatic carbocycles. The largest absolute Gasteiger partial charge is 0.383 e. The van der Waals surface area contributed by atoms with Crippen LogP contribution in [0.3, 0.4) is 0 Å². The van der Waals surface area contributed by atoms with Crippen molar-refractivity contribution in [3.8, 4) is 11.4 Å². The number of nitrogens with one attached hydrogen (secondary N) is 2. The number of methoxy groups -OCH3 is 1. The van der Waals surface area contributed by atoms with E-state index in [0.717, 1.165) is 37.7 Å². The molecule has 1 aliphatic rings. The van der Waals surface area contributed by atoms with Crippen LogP contribution in [0, 0.1) is 0 Å². The number of carbonyl (C=O) groups is 1. The zero-order chi connectivity index (χ0) is 22.1. The molecule has 2 aromatic rings. The van der Waals surface area contributed by atoms with Crippen molar-refractivity contribution in [3.05, 3.63) is 35.2 Å². The predicted octanol–water partition coefficient (Wildman–Crippen LogP) is 0.846. The monoisotopic (exact) mass is 449 g/mol. The molecule has 1 amide bonds. The molecular weight excluding hydrogens is 422 g/mol. The number of rotatable bonds is 8. The fourth-order valence-electron chi connectivity index (χ4n) is 3.23. The molecule has 0 radical (unpaired) electrons. The lowest BCUT2D eigenvalue weighted by atomic mass is 10.2. The molecule has 168 valence electrons. The van der Waals surface area contributed by atoms with Gasteiger partial charge in [0.05, 0.1) is 19.7 Å². The van der Waals surface area contributed by atoms with Crippen LogP contribution in [-0.4, -0.2) is 91.8 Å².